The lowest BCUT2D eigenvalue weighted by molar-refractivity contribution is -0.155. The van der Waals surface area contributed by atoms with Gasteiger partial charge in [0.25, 0.3) is 0 Å². The first-order valence-corrected chi connectivity index (χ1v) is 3.59. The van der Waals surface area contributed by atoms with Crippen molar-refractivity contribution in [1.82, 2.24) is 0 Å². The summed E-state index contributed by atoms with van der Waals surface area (Å²) in [7, 11) is 0. The van der Waals surface area contributed by atoms with E-state index in [1.54, 1.807) is 6.92 Å². The van der Waals surface area contributed by atoms with Crippen LogP contribution in [0.15, 0.2) is 0 Å². The zero-order chi connectivity index (χ0) is 8.27. The summed E-state index contributed by atoms with van der Waals surface area (Å²) < 4.78 is 9.25. The highest BCUT2D eigenvalue weighted by Crippen LogP contribution is 2.15. The molecule has 1 heterocycles. The van der Waals surface area contributed by atoms with Crippen molar-refractivity contribution >= 4 is 11.9 Å². The molecule has 0 aliphatic carbocycles. The van der Waals surface area contributed by atoms with E-state index in [2.05, 4.69) is 9.47 Å². The van der Waals surface area contributed by atoms with Gasteiger partial charge < -0.3 is 9.47 Å². The van der Waals surface area contributed by atoms with Gasteiger partial charge in [-0.05, 0) is 6.92 Å². The van der Waals surface area contributed by atoms with E-state index in [1.807, 2.05) is 0 Å². The van der Waals surface area contributed by atoms with Gasteiger partial charge in [0.2, 0.25) is 0 Å². The summed E-state index contributed by atoms with van der Waals surface area (Å²) in [6.07, 6.45) is 0.456. The molecule has 0 aromatic heterocycles. The number of hydrogen-bond acceptors (Lipinski definition) is 4. The fourth-order valence-corrected chi connectivity index (χ4v) is 0.953. The molecule has 0 radical (unpaired) electrons. The van der Waals surface area contributed by atoms with Gasteiger partial charge in [0.15, 0.2) is 5.92 Å². The maximum atomic E-state index is 10.9. The van der Waals surface area contributed by atoms with Crippen molar-refractivity contribution in [3.63, 3.8) is 0 Å². The Hall–Kier alpha value is -1.06. The van der Waals surface area contributed by atoms with E-state index in [1.165, 1.54) is 0 Å². The molecule has 4 heteroatoms. The zero-order valence-corrected chi connectivity index (χ0v) is 6.33. The minimum absolute atomic E-state index is 0.308. The molecule has 1 atom stereocenters. The maximum absolute atomic E-state index is 10.9. The monoisotopic (exact) mass is 158 g/mol. The number of cyclic esters (lactones) is 1. The van der Waals surface area contributed by atoms with Crippen LogP contribution in [0, 0.1) is 5.92 Å². The van der Waals surface area contributed by atoms with Crippen LogP contribution in [-0.4, -0.2) is 25.2 Å². The molecule has 1 aliphatic heterocycles. The molecule has 62 valence electrons. The Labute approximate surface area is 64.5 Å². The molecule has 0 aromatic carbocycles. The Bertz CT molecular complexity index is 175. The van der Waals surface area contributed by atoms with E-state index in [4.69, 9.17) is 0 Å². The average Bonchev–Trinajstić information content (AvgIpc) is 2.36. The molecule has 11 heavy (non-hydrogen) atoms. The Balaban J connectivity index is 2.46. The first kappa shape index (κ1) is 8.04. The summed E-state index contributed by atoms with van der Waals surface area (Å²) in [6, 6.07) is 0. The first-order valence-electron chi connectivity index (χ1n) is 3.59. The van der Waals surface area contributed by atoms with E-state index in [-0.39, 0.29) is 0 Å². The van der Waals surface area contributed by atoms with Crippen LogP contribution in [0.4, 0.5) is 0 Å². The smallest absolute Gasteiger partial charge is 0.320 e. The van der Waals surface area contributed by atoms with E-state index in [0.717, 1.165) is 0 Å². The summed E-state index contributed by atoms with van der Waals surface area (Å²) in [5.74, 6) is -1.59. The minimum atomic E-state index is -0.671. The minimum Gasteiger partial charge on any atom is -0.465 e. The normalized spacial score (nSPS) is 23.0. The Morgan fingerprint density at radius 1 is 1.82 bits per heavy atom. The average molecular weight is 158 g/mol. The second kappa shape index (κ2) is 3.37. The summed E-state index contributed by atoms with van der Waals surface area (Å²) >= 11 is 0. The number of ether oxygens (including phenoxy) is 2. The van der Waals surface area contributed by atoms with E-state index < -0.39 is 17.9 Å². The molecule has 1 rings (SSSR count). The van der Waals surface area contributed by atoms with Crippen LogP contribution in [0.2, 0.25) is 0 Å². The van der Waals surface area contributed by atoms with Crippen molar-refractivity contribution in [3.8, 4) is 0 Å². The van der Waals surface area contributed by atoms with Crippen molar-refractivity contribution < 1.29 is 19.1 Å². The van der Waals surface area contributed by atoms with Crippen LogP contribution >= 0.6 is 0 Å². The van der Waals surface area contributed by atoms with Gasteiger partial charge in [-0.2, -0.15) is 0 Å². The SMILES string of the molecule is CCOC(=O)C1CCOC1=O. The Morgan fingerprint density at radius 3 is 3.00 bits per heavy atom. The number of carbonyl (C=O) groups is 2. The highest BCUT2D eigenvalue weighted by atomic mass is 16.6. The van der Waals surface area contributed by atoms with Crippen LogP contribution in [0.1, 0.15) is 13.3 Å². The molecule has 0 saturated carbocycles. The molecule has 1 fully saturated rings. The molecule has 1 saturated heterocycles. The molecule has 0 amide bonds. The van der Waals surface area contributed by atoms with Crippen LogP contribution in [0.5, 0.6) is 0 Å². The standard InChI is InChI=1S/C7H10O4/c1-2-10-6(8)5-3-4-11-7(5)9/h5H,2-4H2,1H3. The topological polar surface area (TPSA) is 52.6 Å². The molecule has 1 unspecified atom stereocenters. The molecular formula is C7H10O4. The van der Waals surface area contributed by atoms with Crippen molar-refractivity contribution in [3.05, 3.63) is 0 Å². The second-order valence-corrected chi connectivity index (χ2v) is 2.26. The number of esters is 2. The highest BCUT2D eigenvalue weighted by molar-refractivity contribution is 5.95. The van der Waals surface area contributed by atoms with Gasteiger partial charge in [-0.25, -0.2) is 0 Å². The van der Waals surface area contributed by atoms with Crippen LogP contribution in [0.25, 0.3) is 0 Å². The second-order valence-electron chi connectivity index (χ2n) is 2.26. The number of hydrogen-bond donors (Lipinski definition) is 0. The van der Waals surface area contributed by atoms with Gasteiger partial charge in [0.05, 0.1) is 13.2 Å². The molecule has 0 bridgehead atoms. The van der Waals surface area contributed by atoms with Gasteiger partial charge >= 0.3 is 11.9 Å². The Kier molecular flexibility index (Phi) is 2.46. The van der Waals surface area contributed by atoms with Crippen molar-refractivity contribution in [2.45, 2.75) is 13.3 Å². The summed E-state index contributed by atoms with van der Waals surface area (Å²) in [6.45, 7) is 2.35. The Morgan fingerprint density at radius 2 is 2.55 bits per heavy atom. The third-order valence-electron chi connectivity index (χ3n) is 1.51. The molecule has 0 aromatic rings. The van der Waals surface area contributed by atoms with Crippen LogP contribution < -0.4 is 0 Å². The van der Waals surface area contributed by atoms with Gasteiger partial charge in [0.1, 0.15) is 0 Å². The lowest BCUT2D eigenvalue weighted by Gasteiger charge is -2.03. The van der Waals surface area contributed by atoms with E-state index in [9.17, 15) is 9.59 Å². The van der Waals surface area contributed by atoms with E-state index >= 15 is 0 Å². The van der Waals surface area contributed by atoms with Gasteiger partial charge in [-0.3, -0.25) is 9.59 Å². The predicted octanol–water partition coefficient (Wildman–Crippen LogP) is 0.113. The summed E-state index contributed by atoms with van der Waals surface area (Å²) in [5.41, 5.74) is 0. The van der Waals surface area contributed by atoms with Crippen molar-refractivity contribution in [2.24, 2.45) is 5.92 Å². The first-order chi connectivity index (χ1) is 5.25. The lowest BCUT2D eigenvalue weighted by atomic mass is 10.1. The van der Waals surface area contributed by atoms with Gasteiger partial charge in [-0.1, -0.05) is 0 Å². The maximum Gasteiger partial charge on any atom is 0.320 e. The number of rotatable bonds is 2. The molecule has 4 nitrogen and oxygen atoms in total. The largest absolute Gasteiger partial charge is 0.465 e. The van der Waals surface area contributed by atoms with Crippen LogP contribution in [-0.2, 0) is 19.1 Å². The van der Waals surface area contributed by atoms with E-state index in [0.29, 0.717) is 19.6 Å². The third kappa shape index (κ3) is 1.69. The van der Waals surface area contributed by atoms with Gasteiger partial charge in [0, 0.05) is 6.42 Å². The zero-order valence-electron chi connectivity index (χ0n) is 6.33. The van der Waals surface area contributed by atoms with Gasteiger partial charge in [-0.15, -0.1) is 0 Å². The summed E-state index contributed by atoms with van der Waals surface area (Å²) in [5, 5.41) is 0. The summed E-state index contributed by atoms with van der Waals surface area (Å²) in [4.78, 5) is 21.7. The predicted molar refractivity (Wildman–Crippen MR) is 35.7 cm³/mol. The molecular weight excluding hydrogens is 148 g/mol. The van der Waals surface area contributed by atoms with Crippen molar-refractivity contribution in [2.75, 3.05) is 13.2 Å². The number of carbonyl (C=O) groups excluding carboxylic acids is 2. The van der Waals surface area contributed by atoms with Crippen molar-refractivity contribution in [1.29, 1.82) is 0 Å². The van der Waals surface area contributed by atoms with Crippen LogP contribution in [0.3, 0.4) is 0 Å². The fraction of sp³-hybridized carbons (Fsp3) is 0.714. The quantitative estimate of drug-likeness (QED) is 0.423. The highest BCUT2D eigenvalue weighted by Gasteiger charge is 2.34. The molecule has 0 spiro atoms. The third-order valence-corrected chi connectivity index (χ3v) is 1.51. The lowest BCUT2D eigenvalue weighted by Crippen LogP contribution is -2.21. The fourth-order valence-electron chi connectivity index (χ4n) is 0.953. The molecule has 0 N–H and O–H groups in total. The molecule has 1 aliphatic rings.